The van der Waals surface area contributed by atoms with E-state index in [2.05, 4.69) is 65.6 Å². The molecule has 0 N–H and O–H groups in total. The van der Waals surface area contributed by atoms with Crippen LogP contribution in [-0.4, -0.2) is 13.1 Å². The summed E-state index contributed by atoms with van der Waals surface area (Å²) in [5, 5.41) is 0. The first kappa shape index (κ1) is 15.8. The van der Waals surface area contributed by atoms with Crippen molar-refractivity contribution in [1.29, 1.82) is 0 Å². The summed E-state index contributed by atoms with van der Waals surface area (Å²) >= 11 is 0. The van der Waals surface area contributed by atoms with E-state index in [0.29, 0.717) is 6.61 Å². The molecule has 0 amide bonds. The van der Waals surface area contributed by atoms with Gasteiger partial charge in [-0.15, -0.1) is 0 Å². The molecule has 126 valence electrons. The van der Waals surface area contributed by atoms with Crippen molar-refractivity contribution in [3.05, 3.63) is 95.6 Å². The molecule has 0 fully saturated rings. The first-order chi connectivity index (χ1) is 12.4. The molecule has 3 aromatic rings. The van der Waals surface area contributed by atoms with E-state index in [1.165, 1.54) is 22.4 Å². The van der Waals surface area contributed by atoms with Gasteiger partial charge >= 0.3 is 0 Å². The van der Waals surface area contributed by atoms with Crippen molar-refractivity contribution in [2.24, 2.45) is 0 Å². The SMILES string of the molecule is c1ccc(COc2ccc(N3CCc4ccccc4CC3)cc2)cc1. The van der Waals surface area contributed by atoms with E-state index in [1.807, 2.05) is 18.2 Å². The topological polar surface area (TPSA) is 12.5 Å². The summed E-state index contributed by atoms with van der Waals surface area (Å²) in [7, 11) is 0. The zero-order valence-electron chi connectivity index (χ0n) is 14.4. The maximum absolute atomic E-state index is 5.89. The van der Waals surface area contributed by atoms with Gasteiger partial charge in [0.1, 0.15) is 12.4 Å². The van der Waals surface area contributed by atoms with E-state index < -0.39 is 0 Å². The van der Waals surface area contributed by atoms with Crippen molar-refractivity contribution in [2.75, 3.05) is 18.0 Å². The molecule has 25 heavy (non-hydrogen) atoms. The molecular weight excluding hydrogens is 306 g/mol. The summed E-state index contributed by atoms with van der Waals surface area (Å²) in [4.78, 5) is 2.47. The van der Waals surface area contributed by atoms with Crippen molar-refractivity contribution < 1.29 is 4.74 Å². The normalized spacial score (nSPS) is 13.8. The third-order valence-electron chi connectivity index (χ3n) is 4.87. The summed E-state index contributed by atoms with van der Waals surface area (Å²) in [5.41, 5.74) is 5.46. The van der Waals surface area contributed by atoms with Gasteiger partial charge < -0.3 is 9.64 Å². The standard InChI is InChI=1S/C23H23NO/c1-2-6-19(7-3-1)18-25-23-12-10-22(11-13-23)24-16-14-20-8-4-5-9-21(20)15-17-24/h1-13H,14-18H2. The molecule has 4 rings (SSSR count). The van der Waals surface area contributed by atoms with Crippen LogP contribution in [0.1, 0.15) is 16.7 Å². The van der Waals surface area contributed by atoms with E-state index in [1.54, 1.807) is 0 Å². The number of fused-ring (bicyclic) bond motifs is 1. The van der Waals surface area contributed by atoms with Crippen molar-refractivity contribution in [1.82, 2.24) is 0 Å². The number of anilines is 1. The highest BCUT2D eigenvalue weighted by atomic mass is 16.5. The number of rotatable bonds is 4. The lowest BCUT2D eigenvalue weighted by Crippen LogP contribution is -2.25. The van der Waals surface area contributed by atoms with Crippen LogP contribution in [0.3, 0.4) is 0 Å². The van der Waals surface area contributed by atoms with Crippen LogP contribution in [0, 0.1) is 0 Å². The van der Waals surface area contributed by atoms with Crippen molar-refractivity contribution >= 4 is 5.69 Å². The van der Waals surface area contributed by atoms with Crippen molar-refractivity contribution in [3.8, 4) is 5.75 Å². The quantitative estimate of drug-likeness (QED) is 0.677. The van der Waals surface area contributed by atoms with Gasteiger partial charge in [0.05, 0.1) is 0 Å². The minimum absolute atomic E-state index is 0.610. The van der Waals surface area contributed by atoms with E-state index in [9.17, 15) is 0 Å². The van der Waals surface area contributed by atoms with Crippen molar-refractivity contribution in [2.45, 2.75) is 19.4 Å². The Labute approximate surface area is 149 Å². The molecule has 1 aliphatic rings. The van der Waals surface area contributed by atoms with Gasteiger partial charge in [0.25, 0.3) is 0 Å². The third-order valence-corrected chi connectivity index (χ3v) is 4.87. The first-order valence-corrected chi connectivity index (χ1v) is 8.97. The lowest BCUT2D eigenvalue weighted by atomic mass is 10.0. The lowest BCUT2D eigenvalue weighted by Gasteiger charge is -2.22. The van der Waals surface area contributed by atoms with Crippen molar-refractivity contribution in [3.63, 3.8) is 0 Å². The minimum atomic E-state index is 0.610. The van der Waals surface area contributed by atoms with E-state index >= 15 is 0 Å². The lowest BCUT2D eigenvalue weighted by molar-refractivity contribution is 0.306. The fourth-order valence-corrected chi connectivity index (χ4v) is 3.42. The minimum Gasteiger partial charge on any atom is -0.489 e. The van der Waals surface area contributed by atoms with Gasteiger partial charge in [-0.2, -0.15) is 0 Å². The molecule has 0 saturated carbocycles. The number of ether oxygens (including phenoxy) is 1. The summed E-state index contributed by atoms with van der Waals surface area (Å²) in [5.74, 6) is 0.922. The number of nitrogens with zero attached hydrogens (tertiary/aromatic N) is 1. The Bertz CT molecular complexity index is 784. The van der Waals surface area contributed by atoms with Crippen LogP contribution in [0.5, 0.6) is 5.75 Å². The smallest absolute Gasteiger partial charge is 0.119 e. The Balaban J connectivity index is 1.39. The molecule has 0 aliphatic carbocycles. The molecule has 3 aromatic carbocycles. The molecular formula is C23H23NO. The molecule has 0 bridgehead atoms. The van der Waals surface area contributed by atoms with Gasteiger partial charge in [0, 0.05) is 18.8 Å². The highest BCUT2D eigenvalue weighted by Crippen LogP contribution is 2.23. The average Bonchev–Trinajstić information content (AvgIpc) is 2.90. The van der Waals surface area contributed by atoms with Crippen LogP contribution in [0.4, 0.5) is 5.69 Å². The predicted molar refractivity (Wildman–Crippen MR) is 103 cm³/mol. The number of hydrogen-bond acceptors (Lipinski definition) is 2. The van der Waals surface area contributed by atoms with Gasteiger partial charge in [-0.05, 0) is 53.8 Å². The van der Waals surface area contributed by atoms with Crippen LogP contribution >= 0.6 is 0 Å². The second kappa shape index (κ2) is 7.43. The fraction of sp³-hybridized carbons (Fsp3) is 0.217. The molecule has 1 heterocycles. The first-order valence-electron chi connectivity index (χ1n) is 8.97. The molecule has 0 atom stereocenters. The summed E-state index contributed by atoms with van der Waals surface area (Å²) in [6.45, 7) is 2.75. The Morgan fingerprint density at radius 1 is 0.680 bits per heavy atom. The third kappa shape index (κ3) is 3.85. The van der Waals surface area contributed by atoms with E-state index in [0.717, 1.165) is 31.7 Å². The Hall–Kier alpha value is -2.74. The van der Waals surface area contributed by atoms with Gasteiger partial charge in [-0.1, -0.05) is 54.6 Å². The number of hydrogen-bond donors (Lipinski definition) is 0. The van der Waals surface area contributed by atoms with E-state index in [4.69, 9.17) is 4.74 Å². The Morgan fingerprint density at radius 3 is 1.92 bits per heavy atom. The van der Waals surface area contributed by atoms with Gasteiger partial charge in [0.15, 0.2) is 0 Å². The van der Waals surface area contributed by atoms with Crippen LogP contribution in [-0.2, 0) is 19.4 Å². The molecule has 0 aromatic heterocycles. The fourth-order valence-electron chi connectivity index (χ4n) is 3.42. The van der Waals surface area contributed by atoms with Crippen LogP contribution in [0.15, 0.2) is 78.9 Å². The molecule has 0 unspecified atom stereocenters. The number of benzene rings is 3. The van der Waals surface area contributed by atoms with Crippen LogP contribution in [0.25, 0.3) is 0 Å². The van der Waals surface area contributed by atoms with Gasteiger partial charge in [-0.25, -0.2) is 0 Å². The summed E-state index contributed by atoms with van der Waals surface area (Å²) in [6.07, 6.45) is 2.23. The maximum atomic E-state index is 5.89. The second-order valence-electron chi connectivity index (χ2n) is 6.52. The van der Waals surface area contributed by atoms with Crippen LogP contribution in [0.2, 0.25) is 0 Å². The predicted octanol–water partition coefficient (Wildman–Crippen LogP) is 4.87. The zero-order valence-corrected chi connectivity index (χ0v) is 14.4. The monoisotopic (exact) mass is 329 g/mol. The molecule has 0 spiro atoms. The zero-order chi connectivity index (χ0) is 16.9. The summed E-state index contributed by atoms with van der Waals surface area (Å²) in [6, 6.07) is 27.6. The second-order valence-corrected chi connectivity index (χ2v) is 6.52. The maximum Gasteiger partial charge on any atom is 0.119 e. The molecule has 2 nitrogen and oxygen atoms in total. The van der Waals surface area contributed by atoms with Gasteiger partial charge in [-0.3, -0.25) is 0 Å². The average molecular weight is 329 g/mol. The molecule has 0 radical (unpaired) electrons. The highest BCUT2D eigenvalue weighted by Gasteiger charge is 2.13. The molecule has 1 aliphatic heterocycles. The Morgan fingerprint density at radius 2 is 1.28 bits per heavy atom. The summed E-state index contributed by atoms with van der Waals surface area (Å²) < 4.78 is 5.89. The molecule has 2 heteroatoms. The highest BCUT2D eigenvalue weighted by molar-refractivity contribution is 5.50. The van der Waals surface area contributed by atoms with Gasteiger partial charge in [0.2, 0.25) is 0 Å². The van der Waals surface area contributed by atoms with Crippen LogP contribution < -0.4 is 9.64 Å². The Kier molecular flexibility index (Phi) is 4.69. The largest absolute Gasteiger partial charge is 0.489 e. The molecule has 0 saturated heterocycles. The van der Waals surface area contributed by atoms with E-state index in [-0.39, 0.29) is 0 Å².